The van der Waals surface area contributed by atoms with E-state index in [1.165, 1.54) is 0 Å². The van der Waals surface area contributed by atoms with Gasteiger partial charge in [0.1, 0.15) is 18.1 Å². The van der Waals surface area contributed by atoms with Gasteiger partial charge in [-0.25, -0.2) is 0 Å². The first-order valence-corrected chi connectivity index (χ1v) is 6.35. The molecule has 0 aliphatic heterocycles. The maximum atomic E-state index is 5.55. The van der Waals surface area contributed by atoms with Crippen molar-refractivity contribution in [2.24, 2.45) is 0 Å². The molecule has 0 saturated heterocycles. The highest BCUT2D eigenvalue weighted by Gasteiger charge is 2.02. The van der Waals surface area contributed by atoms with Crippen molar-refractivity contribution in [3.8, 4) is 0 Å². The zero-order valence-electron chi connectivity index (χ0n) is 9.58. The van der Waals surface area contributed by atoms with Crippen molar-refractivity contribution < 1.29 is 9.15 Å². The van der Waals surface area contributed by atoms with Gasteiger partial charge in [0.25, 0.3) is 0 Å². The molecule has 1 rings (SSSR count). The van der Waals surface area contributed by atoms with Crippen LogP contribution in [0.4, 0.5) is 0 Å². The molecule has 3 nitrogen and oxygen atoms in total. The van der Waals surface area contributed by atoms with E-state index in [2.05, 4.69) is 18.5 Å². The molecule has 1 aromatic heterocycles. The molecule has 0 saturated carbocycles. The molecule has 86 valence electrons. The fourth-order valence-electron chi connectivity index (χ4n) is 1.22. The smallest absolute Gasteiger partial charge is 0.129 e. The Morgan fingerprint density at radius 3 is 2.87 bits per heavy atom. The summed E-state index contributed by atoms with van der Waals surface area (Å²) in [6.07, 6.45) is 2.12. The van der Waals surface area contributed by atoms with Crippen molar-refractivity contribution in [1.29, 1.82) is 0 Å². The molecule has 1 unspecified atom stereocenters. The highest BCUT2D eigenvalue weighted by Crippen LogP contribution is 2.09. The normalized spacial score (nSPS) is 13.0. The first-order chi connectivity index (χ1) is 7.26. The zero-order chi connectivity index (χ0) is 11.1. The Morgan fingerprint density at radius 1 is 1.47 bits per heavy atom. The van der Waals surface area contributed by atoms with Gasteiger partial charge < -0.3 is 14.5 Å². The van der Waals surface area contributed by atoms with Crippen molar-refractivity contribution in [2.75, 3.05) is 19.9 Å². The van der Waals surface area contributed by atoms with Crippen molar-refractivity contribution in [2.45, 2.75) is 25.3 Å². The lowest BCUT2D eigenvalue weighted by Gasteiger charge is -2.08. The van der Waals surface area contributed by atoms with E-state index < -0.39 is 0 Å². The average molecular weight is 229 g/mol. The van der Waals surface area contributed by atoms with E-state index >= 15 is 0 Å². The minimum absolute atomic E-state index is 0.543. The Balaban J connectivity index is 2.25. The number of hydrogen-bond acceptors (Lipinski definition) is 4. The van der Waals surface area contributed by atoms with Crippen molar-refractivity contribution in [1.82, 2.24) is 5.32 Å². The fraction of sp³-hybridized carbons (Fsp3) is 0.636. The highest BCUT2D eigenvalue weighted by atomic mass is 32.2. The Hall–Kier alpha value is -0.450. The second-order valence-electron chi connectivity index (χ2n) is 3.48. The molecule has 1 heterocycles. The monoisotopic (exact) mass is 229 g/mol. The molecule has 15 heavy (non-hydrogen) atoms. The molecule has 0 spiro atoms. The molecule has 0 aliphatic carbocycles. The van der Waals surface area contributed by atoms with E-state index in [0.29, 0.717) is 11.9 Å². The average Bonchev–Trinajstić information content (AvgIpc) is 2.66. The summed E-state index contributed by atoms with van der Waals surface area (Å²) < 4.78 is 10.5. The van der Waals surface area contributed by atoms with Crippen molar-refractivity contribution in [3.05, 3.63) is 23.7 Å². The molecule has 0 bridgehead atoms. The Labute approximate surface area is 95.6 Å². The van der Waals surface area contributed by atoms with Crippen LogP contribution in [0.5, 0.6) is 0 Å². The number of nitrogens with one attached hydrogen (secondary N) is 1. The number of methoxy groups -OCH3 is 1. The van der Waals surface area contributed by atoms with Crippen LogP contribution >= 0.6 is 11.8 Å². The Kier molecular flexibility index (Phi) is 5.83. The minimum Gasteiger partial charge on any atom is -0.462 e. The van der Waals surface area contributed by atoms with Gasteiger partial charge >= 0.3 is 0 Å². The molecule has 1 N–H and O–H groups in total. The first kappa shape index (κ1) is 12.6. The fourth-order valence-corrected chi connectivity index (χ4v) is 1.50. The summed E-state index contributed by atoms with van der Waals surface area (Å²) in [4.78, 5) is 0. The third-order valence-corrected chi connectivity index (χ3v) is 3.11. The third-order valence-electron chi connectivity index (χ3n) is 2.14. The van der Waals surface area contributed by atoms with Gasteiger partial charge in [0.05, 0.1) is 6.54 Å². The number of hydrogen-bond donors (Lipinski definition) is 1. The van der Waals surface area contributed by atoms with Gasteiger partial charge in [-0.15, -0.1) is 0 Å². The van der Waals surface area contributed by atoms with Crippen LogP contribution in [-0.4, -0.2) is 25.2 Å². The molecule has 0 aromatic carbocycles. The second-order valence-corrected chi connectivity index (χ2v) is 4.75. The molecule has 0 amide bonds. The number of rotatable bonds is 7. The lowest BCUT2D eigenvalue weighted by atomic mass is 10.4. The van der Waals surface area contributed by atoms with Gasteiger partial charge in [-0.2, -0.15) is 11.8 Å². The van der Waals surface area contributed by atoms with Gasteiger partial charge in [-0.3, -0.25) is 0 Å². The summed E-state index contributed by atoms with van der Waals surface area (Å²) in [5.41, 5.74) is 0. The number of thioether (sulfide) groups is 1. The van der Waals surface area contributed by atoms with E-state index in [9.17, 15) is 0 Å². The van der Waals surface area contributed by atoms with E-state index in [1.807, 2.05) is 23.9 Å². The largest absolute Gasteiger partial charge is 0.462 e. The molecular weight excluding hydrogens is 210 g/mol. The van der Waals surface area contributed by atoms with E-state index in [4.69, 9.17) is 9.15 Å². The lowest BCUT2D eigenvalue weighted by Crippen LogP contribution is -2.21. The predicted molar refractivity (Wildman–Crippen MR) is 64.1 cm³/mol. The highest BCUT2D eigenvalue weighted by molar-refractivity contribution is 7.99. The molecule has 0 fully saturated rings. The Bertz CT molecular complexity index is 275. The first-order valence-electron chi connectivity index (χ1n) is 5.06. The summed E-state index contributed by atoms with van der Waals surface area (Å²) in [6, 6.07) is 3.95. The van der Waals surface area contributed by atoms with Crippen LogP contribution in [0.3, 0.4) is 0 Å². The van der Waals surface area contributed by atoms with Crippen LogP contribution in [0.15, 0.2) is 16.5 Å². The van der Waals surface area contributed by atoms with Gasteiger partial charge in [-0.1, -0.05) is 6.92 Å². The van der Waals surface area contributed by atoms with Crippen LogP contribution in [-0.2, 0) is 17.9 Å². The SMILES string of the molecule is COCc1ccc(CNCC(C)SC)o1. The van der Waals surface area contributed by atoms with Gasteiger partial charge in [0.2, 0.25) is 0 Å². The quantitative estimate of drug-likeness (QED) is 0.778. The summed E-state index contributed by atoms with van der Waals surface area (Å²) >= 11 is 1.86. The van der Waals surface area contributed by atoms with Gasteiger partial charge in [0, 0.05) is 18.9 Å². The molecule has 4 heteroatoms. The second kappa shape index (κ2) is 6.93. The van der Waals surface area contributed by atoms with Crippen LogP contribution in [0.1, 0.15) is 18.4 Å². The van der Waals surface area contributed by atoms with E-state index in [0.717, 1.165) is 24.6 Å². The minimum atomic E-state index is 0.543. The summed E-state index contributed by atoms with van der Waals surface area (Å²) in [5, 5.41) is 3.99. The van der Waals surface area contributed by atoms with Gasteiger partial charge in [0.15, 0.2) is 0 Å². The standard InChI is InChI=1S/C11H19NO2S/c1-9(15-3)6-12-7-10-4-5-11(14-10)8-13-2/h4-5,9,12H,6-8H2,1-3H3. The molecular formula is C11H19NO2S. The summed E-state index contributed by atoms with van der Waals surface area (Å²) in [5.74, 6) is 1.85. The van der Waals surface area contributed by atoms with Crippen molar-refractivity contribution >= 4 is 11.8 Å². The number of ether oxygens (including phenoxy) is 1. The van der Waals surface area contributed by atoms with Crippen LogP contribution in [0.2, 0.25) is 0 Å². The van der Waals surface area contributed by atoms with Crippen molar-refractivity contribution in [3.63, 3.8) is 0 Å². The maximum Gasteiger partial charge on any atom is 0.129 e. The summed E-state index contributed by atoms with van der Waals surface area (Å²) in [7, 11) is 1.67. The van der Waals surface area contributed by atoms with E-state index in [-0.39, 0.29) is 0 Å². The topological polar surface area (TPSA) is 34.4 Å². The third kappa shape index (κ3) is 4.73. The predicted octanol–water partition coefficient (Wildman–Crippen LogP) is 2.27. The molecule has 1 atom stereocenters. The van der Waals surface area contributed by atoms with Crippen LogP contribution < -0.4 is 5.32 Å². The molecule has 0 radical (unpaired) electrons. The Morgan fingerprint density at radius 2 is 2.20 bits per heavy atom. The molecule has 0 aliphatic rings. The maximum absolute atomic E-state index is 5.55. The van der Waals surface area contributed by atoms with Gasteiger partial charge in [-0.05, 0) is 18.4 Å². The summed E-state index contributed by atoms with van der Waals surface area (Å²) in [6.45, 7) is 4.54. The van der Waals surface area contributed by atoms with Crippen LogP contribution in [0, 0.1) is 0 Å². The zero-order valence-corrected chi connectivity index (χ0v) is 10.4. The lowest BCUT2D eigenvalue weighted by molar-refractivity contribution is 0.162. The van der Waals surface area contributed by atoms with E-state index in [1.54, 1.807) is 7.11 Å². The number of furan rings is 1. The molecule has 1 aromatic rings. The van der Waals surface area contributed by atoms with Crippen LogP contribution in [0.25, 0.3) is 0 Å².